The first-order valence-corrected chi connectivity index (χ1v) is 16.5. The van der Waals surface area contributed by atoms with Crippen LogP contribution in [0.15, 0.2) is 60.7 Å². The second kappa shape index (κ2) is 18.7. The van der Waals surface area contributed by atoms with E-state index < -0.39 is 27.1 Å². The van der Waals surface area contributed by atoms with Gasteiger partial charge >= 0.3 is 15.0 Å². The van der Waals surface area contributed by atoms with Crippen LogP contribution in [-0.2, 0) is 18.7 Å². The number of nitrogens with one attached hydrogen (secondary N) is 4. The fourth-order valence-electron chi connectivity index (χ4n) is 3.16. The van der Waals surface area contributed by atoms with Crippen molar-refractivity contribution in [1.82, 2.24) is 20.8 Å². The Hall–Kier alpha value is -2.64. The average molecular weight is 601 g/mol. The third-order valence-corrected chi connectivity index (χ3v) is 7.00. The molecule has 12 heteroatoms. The lowest BCUT2D eigenvalue weighted by molar-refractivity contribution is -0.122. The topological polar surface area (TPSA) is 135 Å². The van der Waals surface area contributed by atoms with Crippen molar-refractivity contribution >= 4 is 26.9 Å². The molecule has 0 spiro atoms. The molecule has 0 bridgehead atoms. The molecule has 2 aromatic rings. The molecule has 4 atom stereocenters. The van der Waals surface area contributed by atoms with E-state index in [9.17, 15) is 18.7 Å². The number of amides is 2. The third kappa shape index (κ3) is 17.1. The van der Waals surface area contributed by atoms with E-state index in [0.717, 1.165) is 0 Å². The van der Waals surface area contributed by atoms with Crippen LogP contribution < -0.4 is 29.9 Å². The number of para-hydroxylation sites is 2. The van der Waals surface area contributed by atoms with Gasteiger partial charge in [-0.05, 0) is 38.1 Å². The summed E-state index contributed by atoms with van der Waals surface area (Å²) >= 11 is 0. The molecule has 40 heavy (non-hydrogen) atoms. The smallest absolute Gasteiger partial charge is 0.340 e. The second-order valence-corrected chi connectivity index (χ2v) is 13.7. The van der Waals surface area contributed by atoms with Crippen LogP contribution in [0.2, 0.25) is 0 Å². The Morgan fingerprint density at radius 3 is 1.12 bits per heavy atom. The molecule has 0 radical (unpaired) electrons. The van der Waals surface area contributed by atoms with Crippen LogP contribution >= 0.6 is 15.0 Å². The van der Waals surface area contributed by atoms with Crippen molar-refractivity contribution in [2.45, 2.75) is 80.6 Å². The van der Waals surface area contributed by atoms with Crippen LogP contribution in [0.1, 0.15) is 56.4 Å². The minimum Gasteiger partial charge on any atom is -0.429 e. The van der Waals surface area contributed by atoms with Gasteiger partial charge in [-0.1, -0.05) is 78.9 Å². The van der Waals surface area contributed by atoms with Crippen molar-refractivity contribution in [2.75, 3.05) is 13.3 Å². The Labute approximate surface area is 241 Å². The first kappa shape index (κ1) is 39.5. The molecular weight excluding hydrogens is 550 g/mol. The van der Waals surface area contributed by atoms with Gasteiger partial charge in [0, 0.05) is 25.4 Å². The highest BCUT2D eigenvalue weighted by Crippen LogP contribution is 2.39. The van der Waals surface area contributed by atoms with Gasteiger partial charge in [-0.2, -0.15) is 0 Å². The van der Waals surface area contributed by atoms with Gasteiger partial charge in [0.2, 0.25) is 11.8 Å². The summed E-state index contributed by atoms with van der Waals surface area (Å²) in [6.07, 6.45) is 0. The van der Waals surface area contributed by atoms with Gasteiger partial charge < -0.3 is 19.7 Å². The predicted molar refractivity (Wildman–Crippen MR) is 166 cm³/mol. The van der Waals surface area contributed by atoms with E-state index >= 15 is 0 Å². The molecule has 0 saturated heterocycles. The molecule has 0 aliphatic carbocycles. The summed E-state index contributed by atoms with van der Waals surface area (Å²) in [7, 11) is -6.41. The minimum atomic E-state index is -3.21. The maximum atomic E-state index is 12.2. The molecule has 2 rings (SSSR count). The van der Waals surface area contributed by atoms with Gasteiger partial charge in [0.25, 0.3) is 0 Å². The molecule has 0 aliphatic rings. The molecule has 0 saturated carbocycles. The molecule has 228 valence electrons. The standard InChI is InChI=1S/2C13H21N2O3P.2CH4/c2*1-10(2)14-11(3)13(16)15-19(4,17)18-12-8-6-5-7-9-12;;/h2*5-11,14H,1-4H3,(H,15,16,17);2*1H4/t2*11?,19-;;/m10../s1. The molecule has 0 aliphatic heterocycles. The molecule has 0 fully saturated rings. The lowest BCUT2D eigenvalue weighted by Crippen LogP contribution is -2.44. The lowest BCUT2D eigenvalue weighted by atomic mass is 10.3. The number of rotatable bonds is 12. The van der Waals surface area contributed by atoms with E-state index in [0.29, 0.717) is 11.5 Å². The molecule has 2 aromatic carbocycles. The van der Waals surface area contributed by atoms with Crippen molar-refractivity contribution in [3.63, 3.8) is 0 Å². The van der Waals surface area contributed by atoms with Crippen LogP contribution in [0.3, 0.4) is 0 Å². The van der Waals surface area contributed by atoms with Crippen LogP contribution in [-0.4, -0.2) is 49.3 Å². The predicted octanol–water partition coefficient (Wildman–Crippen LogP) is 6.05. The number of hydrogen-bond acceptors (Lipinski definition) is 8. The fraction of sp³-hybridized carbons (Fsp3) is 0.500. The third-order valence-electron chi connectivity index (χ3n) is 4.63. The highest BCUT2D eigenvalue weighted by atomic mass is 31.2. The van der Waals surface area contributed by atoms with Crippen LogP contribution in [0.5, 0.6) is 11.5 Å². The van der Waals surface area contributed by atoms with Crippen molar-refractivity contribution in [1.29, 1.82) is 0 Å². The SMILES string of the molecule is C.C.CC(C)NC(C)C(=O)N[P@@](C)(=O)Oc1ccccc1.CC(C)NC(C)C(=O)N[P@](C)(=O)Oc1ccccc1. The van der Waals surface area contributed by atoms with E-state index in [-0.39, 0.29) is 38.8 Å². The van der Waals surface area contributed by atoms with Gasteiger partial charge in [0.15, 0.2) is 0 Å². The van der Waals surface area contributed by atoms with Gasteiger partial charge in [-0.25, -0.2) is 0 Å². The summed E-state index contributed by atoms with van der Waals surface area (Å²) in [5.74, 6) is 0.266. The highest BCUT2D eigenvalue weighted by molar-refractivity contribution is 7.57. The summed E-state index contributed by atoms with van der Waals surface area (Å²) in [6, 6.07) is 17.0. The van der Waals surface area contributed by atoms with Crippen molar-refractivity contribution in [3.05, 3.63) is 60.7 Å². The maximum absolute atomic E-state index is 12.2. The molecule has 10 nitrogen and oxygen atoms in total. The summed E-state index contributed by atoms with van der Waals surface area (Å²) in [4.78, 5) is 23.7. The molecular formula is C28H50N4O6P2. The first-order valence-electron chi connectivity index (χ1n) is 12.4. The van der Waals surface area contributed by atoms with Crippen LogP contribution in [0.4, 0.5) is 0 Å². The summed E-state index contributed by atoms with van der Waals surface area (Å²) in [6.45, 7) is 14.0. The van der Waals surface area contributed by atoms with Crippen LogP contribution in [0.25, 0.3) is 0 Å². The van der Waals surface area contributed by atoms with Crippen molar-refractivity contribution < 1.29 is 27.8 Å². The molecule has 2 unspecified atom stereocenters. The van der Waals surface area contributed by atoms with E-state index in [4.69, 9.17) is 9.05 Å². The number of hydrogen-bond donors (Lipinski definition) is 4. The monoisotopic (exact) mass is 600 g/mol. The average Bonchev–Trinajstić information content (AvgIpc) is 2.78. The fourth-order valence-corrected chi connectivity index (χ4v) is 5.48. The summed E-state index contributed by atoms with van der Waals surface area (Å²) in [5.41, 5.74) is 0. The lowest BCUT2D eigenvalue weighted by Gasteiger charge is -2.20. The van der Waals surface area contributed by atoms with Gasteiger partial charge in [0.1, 0.15) is 11.5 Å². The molecule has 4 N–H and O–H groups in total. The van der Waals surface area contributed by atoms with E-state index in [1.807, 2.05) is 39.8 Å². The Kier molecular flexibility index (Phi) is 18.4. The summed E-state index contributed by atoms with van der Waals surface area (Å²) < 4.78 is 35.1. The Balaban J connectivity index is 0. The van der Waals surface area contributed by atoms with E-state index in [1.54, 1.807) is 62.4 Å². The van der Waals surface area contributed by atoms with Crippen molar-refractivity contribution in [2.24, 2.45) is 0 Å². The quantitative estimate of drug-likeness (QED) is 0.216. The molecule has 0 heterocycles. The van der Waals surface area contributed by atoms with Crippen LogP contribution in [0, 0.1) is 0 Å². The first-order chi connectivity index (χ1) is 17.6. The number of carbonyl (C=O) groups excluding carboxylic acids is 2. The maximum Gasteiger partial charge on any atom is 0.340 e. The zero-order chi connectivity index (χ0) is 28.9. The van der Waals surface area contributed by atoms with Crippen molar-refractivity contribution in [3.8, 4) is 11.5 Å². The largest absolute Gasteiger partial charge is 0.429 e. The molecule has 0 aromatic heterocycles. The van der Waals surface area contributed by atoms with Gasteiger partial charge in [-0.3, -0.25) is 28.9 Å². The van der Waals surface area contributed by atoms with Gasteiger partial charge in [0.05, 0.1) is 12.1 Å². The normalized spacial score (nSPS) is 14.8. The minimum absolute atomic E-state index is 0. The Morgan fingerprint density at radius 1 is 0.600 bits per heavy atom. The van der Waals surface area contributed by atoms with E-state index in [1.165, 1.54) is 13.3 Å². The van der Waals surface area contributed by atoms with Gasteiger partial charge in [-0.15, -0.1) is 0 Å². The summed E-state index contributed by atoms with van der Waals surface area (Å²) in [5, 5.41) is 11.0. The Bertz CT molecular complexity index is 1010. The Morgan fingerprint density at radius 2 is 0.875 bits per heavy atom. The molecule has 2 amide bonds. The highest BCUT2D eigenvalue weighted by Gasteiger charge is 2.25. The number of carbonyl (C=O) groups is 2. The zero-order valence-electron chi connectivity index (χ0n) is 23.4. The second-order valence-electron chi connectivity index (χ2n) is 9.54. The zero-order valence-corrected chi connectivity index (χ0v) is 25.2. The van der Waals surface area contributed by atoms with E-state index in [2.05, 4.69) is 20.8 Å². The number of benzene rings is 2.